The standard InChI is InChI=1S/C28H24N4O5/c1-34-18-12-13-21(35-2)20(14-18)25-23-24(31-28-29-15-30-32(25)28)19-6-4-5-7-22(19)37-26(23)16-8-10-17(11-9-16)27(33)36-3/h4-15,25-26H,1-3H3,(H,29,30,31)/t25-,26+/m0/s1. The van der Waals surface area contributed by atoms with Crippen LogP contribution in [0.1, 0.15) is 39.2 Å². The zero-order chi connectivity index (χ0) is 25.5. The Labute approximate surface area is 213 Å². The van der Waals surface area contributed by atoms with Crippen molar-refractivity contribution >= 4 is 17.6 Å². The van der Waals surface area contributed by atoms with Gasteiger partial charge < -0.3 is 24.3 Å². The second-order valence-electron chi connectivity index (χ2n) is 8.60. The van der Waals surface area contributed by atoms with Crippen LogP contribution in [0.3, 0.4) is 0 Å². The van der Waals surface area contributed by atoms with Gasteiger partial charge in [-0.05, 0) is 48.0 Å². The molecular weight excluding hydrogens is 472 g/mol. The van der Waals surface area contributed by atoms with Crippen LogP contribution in [0, 0.1) is 0 Å². The molecule has 0 radical (unpaired) electrons. The second kappa shape index (κ2) is 9.02. The second-order valence-corrected chi connectivity index (χ2v) is 8.60. The normalized spacial score (nSPS) is 17.5. The van der Waals surface area contributed by atoms with Crippen molar-refractivity contribution in [3.05, 3.63) is 101 Å². The lowest BCUT2D eigenvalue weighted by molar-refractivity contribution is 0.0600. The maximum atomic E-state index is 12.1. The Morgan fingerprint density at radius 1 is 1.00 bits per heavy atom. The molecule has 2 aliphatic heterocycles. The highest BCUT2D eigenvalue weighted by Gasteiger charge is 2.42. The van der Waals surface area contributed by atoms with Crippen LogP contribution in [0.4, 0.5) is 5.95 Å². The molecule has 37 heavy (non-hydrogen) atoms. The summed E-state index contributed by atoms with van der Waals surface area (Å²) in [5.74, 6) is 2.31. The maximum absolute atomic E-state index is 12.1. The fourth-order valence-corrected chi connectivity index (χ4v) is 4.96. The van der Waals surface area contributed by atoms with Gasteiger partial charge in [0.15, 0.2) is 0 Å². The fourth-order valence-electron chi connectivity index (χ4n) is 4.96. The summed E-state index contributed by atoms with van der Waals surface area (Å²) >= 11 is 0. The zero-order valence-electron chi connectivity index (χ0n) is 20.5. The zero-order valence-corrected chi connectivity index (χ0v) is 20.5. The fraction of sp³-hybridized carbons (Fsp3) is 0.179. The van der Waals surface area contributed by atoms with Crippen molar-refractivity contribution < 1.29 is 23.7 Å². The molecule has 0 aliphatic carbocycles. The molecular formula is C28H24N4O5. The summed E-state index contributed by atoms with van der Waals surface area (Å²) < 4.78 is 24.7. The molecule has 3 heterocycles. The summed E-state index contributed by atoms with van der Waals surface area (Å²) in [7, 11) is 4.63. The Bertz CT molecular complexity index is 1530. The van der Waals surface area contributed by atoms with Gasteiger partial charge in [-0.25, -0.2) is 9.48 Å². The average Bonchev–Trinajstić information content (AvgIpc) is 3.43. The summed E-state index contributed by atoms with van der Waals surface area (Å²) in [6, 6.07) is 20.4. The van der Waals surface area contributed by atoms with Crippen molar-refractivity contribution in [2.24, 2.45) is 0 Å². The highest BCUT2D eigenvalue weighted by Crippen LogP contribution is 2.52. The van der Waals surface area contributed by atoms with Crippen LogP contribution >= 0.6 is 0 Å². The Morgan fingerprint density at radius 2 is 1.81 bits per heavy atom. The Kier molecular flexibility index (Phi) is 5.52. The SMILES string of the molecule is COC(=O)c1ccc([C@H]2Oc3ccccc3C3=C2[C@H](c2cc(OC)ccc2OC)n2ncnc2N3)cc1. The molecule has 9 nitrogen and oxygen atoms in total. The third-order valence-electron chi connectivity index (χ3n) is 6.69. The largest absolute Gasteiger partial charge is 0.497 e. The monoisotopic (exact) mass is 496 g/mol. The molecule has 0 unspecified atom stereocenters. The molecule has 0 saturated carbocycles. The van der Waals surface area contributed by atoms with E-state index in [1.165, 1.54) is 13.4 Å². The summed E-state index contributed by atoms with van der Waals surface area (Å²) in [6.45, 7) is 0. The van der Waals surface area contributed by atoms with Gasteiger partial charge in [-0.1, -0.05) is 24.3 Å². The maximum Gasteiger partial charge on any atom is 0.337 e. The third-order valence-corrected chi connectivity index (χ3v) is 6.69. The van der Waals surface area contributed by atoms with E-state index in [-0.39, 0.29) is 0 Å². The summed E-state index contributed by atoms with van der Waals surface area (Å²) in [5, 5.41) is 8.05. The summed E-state index contributed by atoms with van der Waals surface area (Å²) in [5.41, 5.74) is 4.91. The van der Waals surface area contributed by atoms with Crippen LogP contribution in [0.2, 0.25) is 0 Å². The first-order valence-electron chi connectivity index (χ1n) is 11.7. The number of carbonyl (C=O) groups excluding carboxylic acids is 1. The molecule has 1 N–H and O–H groups in total. The molecule has 1 aromatic heterocycles. The van der Waals surface area contributed by atoms with Crippen LogP contribution < -0.4 is 19.5 Å². The number of nitrogens with zero attached hydrogens (tertiary/aromatic N) is 3. The minimum Gasteiger partial charge on any atom is -0.497 e. The van der Waals surface area contributed by atoms with E-state index in [1.807, 2.05) is 59.3 Å². The number of anilines is 1. The molecule has 2 atom stereocenters. The number of para-hydroxylation sites is 1. The first-order valence-corrected chi connectivity index (χ1v) is 11.7. The molecule has 0 bridgehead atoms. The number of aromatic nitrogens is 3. The number of rotatable bonds is 5. The highest BCUT2D eigenvalue weighted by atomic mass is 16.5. The van der Waals surface area contributed by atoms with Gasteiger partial charge in [0.05, 0.1) is 32.6 Å². The smallest absolute Gasteiger partial charge is 0.337 e. The molecule has 0 amide bonds. The predicted molar refractivity (Wildman–Crippen MR) is 136 cm³/mol. The number of esters is 1. The van der Waals surface area contributed by atoms with Gasteiger partial charge in [-0.15, -0.1) is 0 Å². The number of nitrogens with one attached hydrogen (secondary N) is 1. The molecule has 9 heteroatoms. The molecule has 3 aromatic carbocycles. The number of methoxy groups -OCH3 is 3. The molecule has 6 rings (SSSR count). The van der Waals surface area contributed by atoms with Crippen molar-refractivity contribution in [3.63, 3.8) is 0 Å². The Morgan fingerprint density at radius 3 is 2.57 bits per heavy atom. The van der Waals surface area contributed by atoms with Gasteiger partial charge in [-0.2, -0.15) is 10.1 Å². The number of benzene rings is 3. The lowest BCUT2D eigenvalue weighted by Crippen LogP contribution is -2.32. The van der Waals surface area contributed by atoms with Crippen LogP contribution in [0.5, 0.6) is 17.2 Å². The van der Waals surface area contributed by atoms with Crippen molar-refractivity contribution in [1.29, 1.82) is 0 Å². The summed E-state index contributed by atoms with van der Waals surface area (Å²) in [4.78, 5) is 16.5. The quantitative estimate of drug-likeness (QED) is 0.399. The minimum absolute atomic E-state index is 0.396. The van der Waals surface area contributed by atoms with E-state index in [9.17, 15) is 4.79 Å². The van der Waals surface area contributed by atoms with Crippen molar-refractivity contribution in [3.8, 4) is 17.2 Å². The molecule has 2 aliphatic rings. The Hall–Kier alpha value is -4.79. The van der Waals surface area contributed by atoms with E-state index in [1.54, 1.807) is 26.4 Å². The third kappa shape index (κ3) is 3.67. The molecule has 0 saturated heterocycles. The lowest BCUT2D eigenvalue weighted by atomic mass is 9.84. The Balaban J connectivity index is 1.60. The van der Waals surface area contributed by atoms with Gasteiger partial charge in [0.2, 0.25) is 5.95 Å². The van der Waals surface area contributed by atoms with Crippen molar-refractivity contribution in [2.75, 3.05) is 26.6 Å². The molecule has 4 aromatic rings. The molecule has 186 valence electrons. The molecule has 0 fully saturated rings. The topological polar surface area (TPSA) is 96.7 Å². The van der Waals surface area contributed by atoms with Gasteiger partial charge in [0.1, 0.15) is 35.7 Å². The molecule has 0 spiro atoms. The van der Waals surface area contributed by atoms with Crippen LogP contribution in [-0.2, 0) is 4.74 Å². The number of hydrogen-bond acceptors (Lipinski definition) is 8. The number of fused-ring (bicyclic) bond motifs is 3. The number of hydrogen-bond donors (Lipinski definition) is 1. The van der Waals surface area contributed by atoms with Gasteiger partial charge in [0, 0.05) is 16.7 Å². The van der Waals surface area contributed by atoms with Crippen LogP contribution in [0.25, 0.3) is 5.70 Å². The van der Waals surface area contributed by atoms with Crippen LogP contribution in [-0.4, -0.2) is 42.1 Å². The van der Waals surface area contributed by atoms with Gasteiger partial charge in [0.25, 0.3) is 0 Å². The average molecular weight is 497 g/mol. The van der Waals surface area contributed by atoms with Crippen molar-refractivity contribution in [1.82, 2.24) is 14.8 Å². The van der Waals surface area contributed by atoms with Crippen molar-refractivity contribution in [2.45, 2.75) is 12.1 Å². The van der Waals surface area contributed by atoms with Gasteiger partial charge >= 0.3 is 5.97 Å². The lowest BCUT2D eigenvalue weighted by Gasteiger charge is -2.39. The van der Waals surface area contributed by atoms with Gasteiger partial charge in [-0.3, -0.25) is 0 Å². The first-order chi connectivity index (χ1) is 18.1. The minimum atomic E-state index is -0.498. The first kappa shape index (κ1) is 22.7. The van der Waals surface area contributed by atoms with E-state index >= 15 is 0 Å². The number of ether oxygens (including phenoxy) is 4. The predicted octanol–water partition coefficient (Wildman–Crippen LogP) is 4.64. The van der Waals surface area contributed by atoms with Crippen LogP contribution in [0.15, 0.2) is 78.6 Å². The van der Waals surface area contributed by atoms with E-state index in [2.05, 4.69) is 15.4 Å². The van der Waals surface area contributed by atoms with E-state index in [0.717, 1.165) is 33.7 Å². The van der Waals surface area contributed by atoms with E-state index in [0.29, 0.717) is 23.0 Å². The van der Waals surface area contributed by atoms with E-state index in [4.69, 9.17) is 18.9 Å². The number of carbonyl (C=O) groups is 1. The van der Waals surface area contributed by atoms with E-state index < -0.39 is 18.1 Å². The summed E-state index contributed by atoms with van der Waals surface area (Å²) in [6.07, 6.45) is 1.02. The highest BCUT2D eigenvalue weighted by molar-refractivity contribution is 5.89.